The Morgan fingerprint density at radius 1 is 1.03 bits per heavy atom. The number of nitrogens with zero attached hydrogens (tertiary/aromatic N) is 2. The molecule has 0 bridgehead atoms. The summed E-state index contributed by atoms with van der Waals surface area (Å²) >= 11 is 1.13. The summed E-state index contributed by atoms with van der Waals surface area (Å²) in [6, 6.07) is 8.31. The van der Waals surface area contributed by atoms with Crippen LogP contribution in [0.5, 0.6) is 0 Å². The molecule has 3 atom stereocenters. The molecule has 2 heterocycles. The van der Waals surface area contributed by atoms with Gasteiger partial charge in [0.1, 0.15) is 18.7 Å². The summed E-state index contributed by atoms with van der Waals surface area (Å²) in [5, 5.41) is -0.0254. The first kappa shape index (κ1) is 23.3. The van der Waals surface area contributed by atoms with Crippen molar-refractivity contribution in [2.45, 2.75) is 58.2 Å². The molecule has 8 heteroatoms. The number of esters is 1. The molecule has 0 saturated carbocycles. The number of thioether (sulfide) groups is 1. The Kier molecular flexibility index (Phi) is 8.12. The summed E-state index contributed by atoms with van der Waals surface area (Å²) < 4.78 is 5.47. The number of rotatable bonds is 7. The fraction of sp³-hybridized carbons (Fsp3) is 0.565. The third kappa shape index (κ3) is 5.87. The first-order valence-electron chi connectivity index (χ1n) is 10.8. The average Bonchev–Trinajstić information content (AvgIpc) is 3.45. The van der Waals surface area contributed by atoms with E-state index in [1.165, 1.54) is 6.92 Å². The second kappa shape index (κ2) is 10.8. The minimum Gasteiger partial charge on any atom is -0.459 e. The average molecular weight is 447 g/mol. The molecular formula is C23H30N2O5S. The Hall–Kier alpha value is -2.35. The molecule has 168 valence electrons. The summed E-state index contributed by atoms with van der Waals surface area (Å²) in [6.07, 6.45) is 2.67. The van der Waals surface area contributed by atoms with E-state index in [0.29, 0.717) is 31.7 Å². The fourth-order valence-electron chi connectivity index (χ4n) is 4.18. The van der Waals surface area contributed by atoms with E-state index in [2.05, 4.69) is 0 Å². The fourth-order valence-corrected chi connectivity index (χ4v) is 4.80. The van der Waals surface area contributed by atoms with Crippen molar-refractivity contribution >= 4 is 34.7 Å². The summed E-state index contributed by atoms with van der Waals surface area (Å²) in [6.45, 7) is 4.48. The van der Waals surface area contributed by atoms with E-state index in [4.69, 9.17) is 4.74 Å². The van der Waals surface area contributed by atoms with Gasteiger partial charge in [-0.1, -0.05) is 49.0 Å². The Balaban J connectivity index is 1.61. The number of likely N-dealkylation sites (tertiary alicyclic amines) is 2. The maximum Gasteiger partial charge on any atom is 0.329 e. The number of carbonyl (C=O) groups is 4. The second-order valence-electron chi connectivity index (χ2n) is 8.18. The number of hydrogen-bond acceptors (Lipinski definition) is 6. The van der Waals surface area contributed by atoms with E-state index < -0.39 is 18.1 Å². The van der Waals surface area contributed by atoms with Crippen LogP contribution >= 0.6 is 11.8 Å². The molecule has 0 spiro atoms. The predicted molar refractivity (Wildman–Crippen MR) is 118 cm³/mol. The second-order valence-corrected chi connectivity index (χ2v) is 9.37. The summed E-state index contributed by atoms with van der Waals surface area (Å²) in [5.41, 5.74) is 0.900. The highest BCUT2D eigenvalue weighted by Crippen LogP contribution is 2.27. The number of hydrogen-bond donors (Lipinski definition) is 0. The summed E-state index contributed by atoms with van der Waals surface area (Å²) in [4.78, 5) is 53.3. The van der Waals surface area contributed by atoms with Gasteiger partial charge in [0.25, 0.3) is 0 Å². The van der Waals surface area contributed by atoms with Gasteiger partial charge in [0.05, 0.1) is 0 Å². The molecule has 2 fully saturated rings. The number of carbonyl (C=O) groups excluding carboxylic acids is 4. The molecule has 3 rings (SSSR count). The van der Waals surface area contributed by atoms with Gasteiger partial charge in [0.2, 0.25) is 11.8 Å². The van der Waals surface area contributed by atoms with E-state index >= 15 is 0 Å². The lowest BCUT2D eigenvalue weighted by Crippen LogP contribution is -2.52. The van der Waals surface area contributed by atoms with Crippen LogP contribution in [-0.2, 0) is 30.5 Å². The first-order chi connectivity index (χ1) is 14.9. The maximum atomic E-state index is 13.3. The summed E-state index contributed by atoms with van der Waals surface area (Å²) in [7, 11) is 0. The van der Waals surface area contributed by atoms with Gasteiger partial charge in [-0.3, -0.25) is 14.4 Å². The first-order valence-corrected chi connectivity index (χ1v) is 11.8. The molecule has 0 aromatic heterocycles. The van der Waals surface area contributed by atoms with Gasteiger partial charge in [-0.15, -0.1) is 0 Å². The minimum atomic E-state index is -0.598. The Labute approximate surface area is 187 Å². The topological polar surface area (TPSA) is 84.0 Å². The zero-order chi connectivity index (χ0) is 22.4. The highest BCUT2D eigenvalue weighted by Gasteiger charge is 2.43. The third-order valence-electron chi connectivity index (χ3n) is 5.81. The monoisotopic (exact) mass is 446 g/mol. The molecule has 0 radical (unpaired) electrons. The van der Waals surface area contributed by atoms with Crippen LogP contribution in [0.15, 0.2) is 30.3 Å². The smallest absolute Gasteiger partial charge is 0.329 e. The largest absolute Gasteiger partial charge is 0.459 e. The third-order valence-corrected chi connectivity index (χ3v) is 6.88. The molecule has 1 aromatic rings. The molecule has 2 amide bonds. The lowest BCUT2D eigenvalue weighted by atomic mass is 10.1. The van der Waals surface area contributed by atoms with Gasteiger partial charge in [-0.05, 0) is 31.2 Å². The van der Waals surface area contributed by atoms with Gasteiger partial charge in [-0.25, -0.2) is 4.79 Å². The molecule has 0 aliphatic carbocycles. The normalized spacial score (nSPS) is 21.7. The van der Waals surface area contributed by atoms with Gasteiger partial charge in [-0.2, -0.15) is 0 Å². The predicted octanol–water partition coefficient (Wildman–Crippen LogP) is 2.63. The zero-order valence-electron chi connectivity index (χ0n) is 18.1. The van der Waals surface area contributed by atoms with Crippen LogP contribution in [0.2, 0.25) is 0 Å². The van der Waals surface area contributed by atoms with Crippen LogP contribution in [0.4, 0.5) is 0 Å². The van der Waals surface area contributed by atoms with Crippen LogP contribution < -0.4 is 0 Å². The van der Waals surface area contributed by atoms with Crippen molar-refractivity contribution in [2.75, 3.05) is 18.8 Å². The molecule has 31 heavy (non-hydrogen) atoms. The van der Waals surface area contributed by atoms with Gasteiger partial charge in [0.15, 0.2) is 5.12 Å². The highest BCUT2D eigenvalue weighted by molar-refractivity contribution is 8.13. The SMILES string of the molecule is CC(=O)SCC(C)C(=O)N1CCC[C@H]1C(=O)N1CCC[C@H]1C(=O)OCc1ccccc1. The van der Waals surface area contributed by atoms with E-state index in [1.807, 2.05) is 30.3 Å². The lowest BCUT2D eigenvalue weighted by molar-refractivity contribution is -0.156. The molecule has 1 aromatic carbocycles. The molecule has 1 unspecified atom stereocenters. The van der Waals surface area contributed by atoms with Crippen LogP contribution in [0.1, 0.15) is 45.1 Å². The van der Waals surface area contributed by atoms with Gasteiger partial charge >= 0.3 is 5.97 Å². The maximum absolute atomic E-state index is 13.3. The quantitative estimate of drug-likeness (QED) is 0.599. The molecule has 2 aliphatic rings. The Morgan fingerprint density at radius 2 is 1.68 bits per heavy atom. The van der Waals surface area contributed by atoms with Crippen LogP contribution in [0.3, 0.4) is 0 Å². The van der Waals surface area contributed by atoms with Crippen molar-refractivity contribution in [3.05, 3.63) is 35.9 Å². The number of benzene rings is 1. The van der Waals surface area contributed by atoms with Gasteiger partial charge in [0, 0.05) is 31.7 Å². The number of ether oxygens (including phenoxy) is 1. The standard InChI is InChI=1S/C23H30N2O5S/c1-16(15-31-17(2)26)21(27)24-12-6-10-19(24)22(28)25-13-7-11-20(25)23(29)30-14-18-8-4-3-5-9-18/h3-5,8-9,16,19-20H,6-7,10-15H2,1-2H3/t16?,19-,20-/m0/s1. The molecule has 2 saturated heterocycles. The van der Waals surface area contributed by atoms with Crippen LogP contribution in [-0.4, -0.2) is 63.6 Å². The Bertz CT molecular complexity index is 815. The van der Waals surface area contributed by atoms with E-state index in [1.54, 1.807) is 16.7 Å². The molecule has 0 N–H and O–H groups in total. The summed E-state index contributed by atoms with van der Waals surface area (Å²) in [5.74, 6) is -0.600. The Morgan fingerprint density at radius 3 is 2.35 bits per heavy atom. The zero-order valence-corrected chi connectivity index (χ0v) is 18.9. The van der Waals surface area contributed by atoms with Crippen molar-refractivity contribution in [3.63, 3.8) is 0 Å². The van der Waals surface area contributed by atoms with Crippen molar-refractivity contribution in [1.82, 2.24) is 9.80 Å². The van der Waals surface area contributed by atoms with E-state index in [9.17, 15) is 19.2 Å². The van der Waals surface area contributed by atoms with Crippen molar-refractivity contribution < 1.29 is 23.9 Å². The van der Waals surface area contributed by atoms with Gasteiger partial charge < -0.3 is 14.5 Å². The highest BCUT2D eigenvalue weighted by atomic mass is 32.2. The van der Waals surface area contributed by atoms with E-state index in [0.717, 1.165) is 30.2 Å². The van der Waals surface area contributed by atoms with Crippen LogP contribution in [0, 0.1) is 5.92 Å². The minimum absolute atomic E-state index is 0.0254. The molecular weight excluding hydrogens is 416 g/mol. The van der Waals surface area contributed by atoms with Crippen LogP contribution in [0.25, 0.3) is 0 Å². The van der Waals surface area contributed by atoms with Crippen molar-refractivity contribution in [3.8, 4) is 0 Å². The van der Waals surface area contributed by atoms with E-state index in [-0.39, 0.29) is 29.5 Å². The molecule has 2 aliphatic heterocycles. The number of amides is 2. The van der Waals surface area contributed by atoms with Crippen molar-refractivity contribution in [1.29, 1.82) is 0 Å². The lowest BCUT2D eigenvalue weighted by Gasteiger charge is -2.31. The van der Waals surface area contributed by atoms with Crippen molar-refractivity contribution in [2.24, 2.45) is 5.92 Å². The molecule has 7 nitrogen and oxygen atoms in total.